The topological polar surface area (TPSA) is 58.3 Å². The van der Waals surface area contributed by atoms with Crippen molar-refractivity contribution in [1.29, 1.82) is 0 Å². The lowest BCUT2D eigenvalue weighted by molar-refractivity contribution is 0.282. The maximum absolute atomic E-state index is 8.65. The smallest absolute Gasteiger partial charge is 0.0431 e. The van der Waals surface area contributed by atoms with Crippen molar-refractivity contribution in [2.24, 2.45) is 5.73 Å². The molecular formula is C13H30N2O. The Kier molecular flexibility index (Phi) is 12.9. The van der Waals surface area contributed by atoms with Crippen LogP contribution in [0.2, 0.25) is 0 Å². The Labute approximate surface area is 101 Å². The molecule has 0 fully saturated rings. The molecule has 0 spiro atoms. The van der Waals surface area contributed by atoms with E-state index in [1.165, 1.54) is 32.1 Å². The summed E-state index contributed by atoms with van der Waals surface area (Å²) in [5.41, 5.74) is 5.73. The van der Waals surface area contributed by atoms with E-state index in [2.05, 4.69) is 12.2 Å². The predicted molar refractivity (Wildman–Crippen MR) is 70.5 cm³/mol. The third-order valence-electron chi connectivity index (χ3n) is 2.96. The molecule has 3 nitrogen and oxygen atoms in total. The predicted octanol–water partition coefficient (Wildman–Crippen LogP) is 2.04. The van der Waals surface area contributed by atoms with E-state index in [0.717, 1.165) is 32.4 Å². The second-order valence-corrected chi connectivity index (χ2v) is 4.52. The molecule has 4 N–H and O–H groups in total. The van der Waals surface area contributed by atoms with Crippen molar-refractivity contribution in [3.8, 4) is 0 Å². The first-order valence-corrected chi connectivity index (χ1v) is 6.89. The SMILES string of the molecule is CCCCCCC(CN)NCCCCCO. The summed E-state index contributed by atoms with van der Waals surface area (Å²) in [6.45, 7) is 4.33. The fraction of sp³-hybridized carbons (Fsp3) is 1.00. The van der Waals surface area contributed by atoms with Crippen LogP contribution in [-0.2, 0) is 0 Å². The Bertz CT molecular complexity index is 131. The summed E-state index contributed by atoms with van der Waals surface area (Å²) < 4.78 is 0. The largest absolute Gasteiger partial charge is 0.396 e. The summed E-state index contributed by atoms with van der Waals surface area (Å²) in [4.78, 5) is 0. The van der Waals surface area contributed by atoms with E-state index in [9.17, 15) is 0 Å². The van der Waals surface area contributed by atoms with E-state index < -0.39 is 0 Å². The highest BCUT2D eigenvalue weighted by Gasteiger charge is 2.04. The zero-order valence-corrected chi connectivity index (χ0v) is 10.9. The van der Waals surface area contributed by atoms with Gasteiger partial charge in [-0.3, -0.25) is 0 Å². The van der Waals surface area contributed by atoms with E-state index in [-0.39, 0.29) is 0 Å². The molecule has 0 aromatic heterocycles. The van der Waals surface area contributed by atoms with E-state index in [1.807, 2.05) is 0 Å². The number of aliphatic hydroxyl groups is 1. The van der Waals surface area contributed by atoms with Gasteiger partial charge in [-0.15, -0.1) is 0 Å². The van der Waals surface area contributed by atoms with Crippen molar-refractivity contribution in [1.82, 2.24) is 5.32 Å². The minimum Gasteiger partial charge on any atom is -0.396 e. The first kappa shape index (κ1) is 15.9. The molecule has 0 saturated heterocycles. The Balaban J connectivity index is 3.29. The van der Waals surface area contributed by atoms with Gasteiger partial charge in [0.1, 0.15) is 0 Å². The zero-order valence-electron chi connectivity index (χ0n) is 10.9. The van der Waals surface area contributed by atoms with Crippen molar-refractivity contribution in [3.63, 3.8) is 0 Å². The van der Waals surface area contributed by atoms with Gasteiger partial charge in [-0.1, -0.05) is 32.6 Å². The molecule has 0 aromatic rings. The van der Waals surface area contributed by atoms with Crippen LogP contribution >= 0.6 is 0 Å². The maximum Gasteiger partial charge on any atom is 0.0431 e. The molecule has 0 amide bonds. The number of hydrogen-bond donors (Lipinski definition) is 3. The van der Waals surface area contributed by atoms with E-state index >= 15 is 0 Å². The van der Waals surface area contributed by atoms with Gasteiger partial charge in [0.25, 0.3) is 0 Å². The van der Waals surface area contributed by atoms with Crippen LogP contribution in [0.25, 0.3) is 0 Å². The maximum atomic E-state index is 8.65. The lowest BCUT2D eigenvalue weighted by Crippen LogP contribution is -2.36. The molecule has 1 atom stereocenters. The van der Waals surface area contributed by atoms with Crippen LogP contribution in [0.4, 0.5) is 0 Å². The molecule has 0 bridgehead atoms. The normalized spacial score (nSPS) is 12.9. The molecular weight excluding hydrogens is 200 g/mol. The first-order chi connectivity index (χ1) is 7.85. The van der Waals surface area contributed by atoms with Crippen molar-refractivity contribution in [3.05, 3.63) is 0 Å². The molecule has 0 rings (SSSR count). The molecule has 1 unspecified atom stereocenters. The van der Waals surface area contributed by atoms with Crippen LogP contribution in [0.5, 0.6) is 0 Å². The summed E-state index contributed by atoms with van der Waals surface area (Å²) in [6, 6.07) is 0.492. The average molecular weight is 230 g/mol. The molecule has 0 aliphatic carbocycles. The van der Waals surface area contributed by atoms with Gasteiger partial charge in [0.2, 0.25) is 0 Å². The molecule has 3 heteroatoms. The van der Waals surface area contributed by atoms with Gasteiger partial charge < -0.3 is 16.2 Å². The summed E-state index contributed by atoms with van der Waals surface area (Å²) in [6.07, 6.45) is 9.64. The second kappa shape index (κ2) is 12.9. The fourth-order valence-electron chi connectivity index (χ4n) is 1.84. The number of unbranched alkanes of at least 4 members (excludes halogenated alkanes) is 5. The van der Waals surface area contributed by atoms with Crippen LogP contribution in [0.15, 0.2) is 0 Å². The van der Waals surface area contributed by atoms with Crippen LogP contribution < -0.4 is 11.1 Å². The molecule has 0 aromatic carbocycles. The van der Waals surface area contributed by atoms with Gasteiger partial charge in [-0.2, -0.15) is 0 Å². The quantitative estimate of drug-likeness (QED) is 0.450. The van der Waals surface area contributed by atoms with E-state index in [4.69, 9.17) is 10.8 Å². The monoisotopic (exact) mass is 230 g/mol. The number of rotatable bonds is 12. The van der Waals surface area contributed by atoms with Crippen molar-refractivity contribution >= 4 is 0 Å². The van der Waals surface area contributed by atoms with Gasteiger partial charge >= 0.3 is 0 Å². The molecule has 0 aliphatic rings. The Morgan fingerprint density at radius 1 is 1.06 bits per heavy atom. The fourth-order valence-corrected chi connectivity index (χ4v) is 1.84. The summed E-state index contributed by atoms with van der Waals surface area (Å²) in [5.74, 6) is 0. The third-order valence-corrected chi connectivity index (χ3v) is 2.96. The minimum atomic E-state index is 0.317. The van der Waals surface area contributed by atoms with Gasteiger partial charge in [-0.05, 0) is 32.2 Å². The molecule has 0 saturated carbocycles. The molecule has 16 heavy (non-hydrogen) atoms. The second-order valence-electron chi connectivity index (χ2n) is 4.52. The van der Waals surface area contributed by atoms with E-state index in [1.54, 1.807) is 0 Å². The summed E-state index contributed by atoms with van der Waals surface area (Å²) in [7, 11) is 0. The third kappa shape index (κ3) is 10.4. The van der Waals surface area contributed by atoms with Crippen molar-refractivity contribution in [2.45, 2.75) is 64.3 Å². The number of nitrogens with one attached hydrogen (secondary N) is 1. The highest BCUT2D eigenvalue weighted by atomic mass is 16.2. The summed E-state index contributed by atoms with van der Waals surface area (Å²) >= 11 is 0. The van der Waals surface area contributed by atoms with Crippen LogP contribution in [0.3, 0.4) is 0 Å². The van der Waals surface area contributed by atoms with Crippen LogP contribution in [-0.4, -0.2) is 30.8 Å². The van der Waals surface area contributed by atoms with Gasteiger partial charge in [-0.25, -0.2) is 0 Å². The number of hydrogen-bond acceptors (Lipinski definition) is 3. The lowest BCUT2D eigenvalue weighted by Gasteiger charge is -2.16. The Morgan fingerprint density at radius 3 is 2.44 bits per heavy atom. The minimum absolute atomic E-state index is 0.317. The van der Waals surface area contributed by atoms with Gasteiger partial charge in [0, 0.05) is 19.2 Å². The zero-order chi connectivity index (χ0) is 12.1. The highest BCUT2D eigenvalue weighted by Crippen LogP contribution is 2.05. The molecule has 0 heterocycles. The first-order valence-electron chi connectivity index (χ1n) is 6.89. The molecule has 0 aliphatic heterocycles. The Morgan fingerprint density at radius 2 is 1.81 bits per heavy atom. The van der Waals surface area contributed by atoms with Gasteiger partial charge in [0.15, 0.2) is 0 Å². The van der Waals surface area contributed by atoms with Crippen LogP contribution in [0.1, 0.15) is 58.3 Å². The van der Waals surface area contributed by atoms with Crippen LogP contribution in [0, 0.1) is 0 Å². The highest BCUT2D eigenvalue weighted by molar-refractivity contribution is 4.67. The van der Waals surface area contributed by atoms with Gasteiger partial charge in [0.05, 0.1) is 0 Å². The van der Waals surface area contributed by atoms with Crippen molar-refractivity contribution < 1.29 is 5.11 Å². The average Bonchev–Trinajstić information content (AvgIpc) is 2.31. The molecule has 98 valence electrons. The lowest BCUT2D eigenvalue weighted by atomic mass is 10.1. The number of nitrogens with two attached hydrogens (primary N) is 1. The Hall–Kier alpha value is -0.120. The van der Waals surface area contributed by atoms with E-state index in [0.29, 0.717) is 12.6 Å². The standard InChI is InChI=1S/C13H30N2O/c1-2-3-4-6-9-13(12-14)15-10-7-5-8-11-16/h13,15-16H,2-12,14H2,1H3. The van der Waals surface area contributed by atoms with Crippen molar-refractivity contribution in [2.75, 3.05) is 19.7 Å². The molecule has 0 radical (unpaired) electrons. The number of aliphatic hydroxyl groups excluding tert-OH is 1. The summed E-state index contributed by atoms with van der Waals surface area (Å²) in [5, 5.41) is 12.1.